The molecule has 1 amide bonds. The second-order valence-corrected chi connectivity index (χ2v) is 3.92. The quantitative estimate of drug-likeness (QED) is 0.847. The highest BCUT2D eigenvalue weighted by Crippen LogP contribution is 2.09. The van der Waals surface area contributed by atoms with E-state index in [-0.39, 0.29) is 11.9 Å². The monoisotopic (exact) mass is 257 g/mol. The van der Waals surface area contributed by atoms with Gasteiger partial charge < -0.3 is 11.1 Å². The largest absolute Gasteiger partial charge is 0.348 e. The minimum atomic E-state index is -0.156. The van der Waals surface area contributed by atoms with Gasteiger partial charge in [-0.25, -0.2) is 0 Å². The lowest BCUT2D eigenvalue weighted by molar-refractivity contribution is 0.0941. The summed E-state index contributed by atoms with van der Waals surface area (Å²) < 4.78 is 0.783. The second-order valence-electron chi connectivity index (χ2n) is 3.00. The van der Waals surface area contributed by atoms with Crippen molar-refractivity contribution in [3.8, 4) is 0 Å². The van der Waals surface area contributed by atoms with Crippen LogP contribution in [0.4, 0.5) is 0 Å². The summed E-state index contributed by atoms with van der Waals surface area (Å²) in [7, 11) is 0. The molecule has 0 bridgehead atoms. The second kappa shape index (κ2) is 5.07. The molecular weight excluding hydrogens is 246 g/mol. The lowest BCUT2D eigenvalue weighted by Crippen LogP contribution is -2.37. The van der Waals surface area contributed by atoms with Crippen molar-refractivity contribution in [2.75, 3.05) is 6.54 Å². The van der Waals surface area contributed by atoms with E-state index < -0.39 is 0 Å². The van der Waals surface area contributed by atoms with Gasteiger partial charge in [-0.3, -0.25) is 9.78 Å². The molecule has 1 heterocycles. The zero-order chi connectivity index (χ0) is 10.6. The Labute approximate surface area is 91.0 Å². The van der Waals surface area contributed by atoms with E-state index in [1.54, 1.807) is 12.3 Å². The summed E-state index contributed by atoms with van der Waals surface area (Å²) in [4.78, 5) is 15.4. The summed E-state index contributed by atoms with van der Waals surface area (Å²) in [6, 6.07) is 1.69. The number of aromatic nitrogens is 1. The molecule has 0 aliphatic rings. The van der Waals surface area contributed by atoms with Crippen LogP contribution in [0.25, 0.3) is 0 Å². The highest BCUT2D eigenvalue weighted by atomic mass is 79.9. The molecule has 5 heteroatoms. The van der Waals surface area contributed by atoms with E-state index in [2.05, 4.69) is 26.2 Å². The first-order valence-electron chi connectivity index (χ1n) is 4.25. The Morgan fingerprint density at radius 3 is 3.00 bits per heavy atom. The van der Waals surface area contributed by atoms with Gasteiger partial charge in [-0.15, -0.1) is 0 Å². The molecule has 0 aliphatic heterocycles. The maximum absolute atomic E-state index is 11.5. The minimum Gasteiger partial charge on any atom is -0.348 e. The first kappa shape index (κ1) is 11.1. The number of pyridine rings is 1. The lowest BCUT2D eigenvalue weighted by atomic mass is 10.2. The third-order valence-corrected chi connectivity index (χ3v) is 2.13. The van der Waals surface area contributed by atoms with Crippen molar-refractivity contribution in [1.29, 1.82) is 0 Å². The van der Waals surface area contributed by atoms with Crippen molar-refractivity contribution < 1.29 is 4.79 Å². The van der Waals surface area contributed by atoms with Crippen LogP contribution in [0.2, 0.25) is 0 Å². The predicted molar refractivity (Wildman–Crippen MR) is 57.9 cm³/mol. The first-order chi connectivity index (χ1) is 6.63. The SMILES string of the molecule is C[C@@H](CN)NC(=O)c1cncc(Br)c1. The van der Waals surface area contributed by atoms with E-state index >= 15 is 0 Å². The molecule has 1 rings (SSSR count). The van der Waals surface area contributed by atoms with Crippen LogP contribution in [0.3, 0.4) is 0 Å². The molecule has 0 spiro atoms. The van der Waals surface area contributed by atoms with Gasteiger partial charge >= 0.3 is 0 Å². The molecule has 1 aromatic heterocycles. The van der Waals surface area contributed by atoms with Gasteiger partial charge in [0.2, 0.25) is 0 Å². The number of amides is 1. The number of nitrogens with one attached hydrogen (secondary N) is 1. The van der Waals surface area contributed by atoms with Crippen LogP contribution in [0.15, 0.2) is 22.9 Å². The summed E-state index contributed by atoms with van der Waals surface area (Å²) in [5.41, 5.74) is 5.92. The number of nitrogens with two attached hydrogens (primary N) is 1. The van der Waals surface area contributed by atoms with Crippen molar-refractivity contribution in [2.24, 2.45) is 5.73 Å². The van der Waals surface area contributed by atoms with Crippen molar-refractivity contribution in [3.63, 3.8) is 0 Å². The zero-order valence-corrected chi connectivity index (χ0v) is 9.41. The van der Waals surface area contributed by atoms with Gasteiger partial charge in [-0.1, -0.05) is 0 Å². The number of hydrogen-bond donors (Lipinski definition) is 2. The highest BCUT2D eigenvalue weighted by molar-refractivity contribution is 9.10. The zero-order valence-electron chi connectivity index (χ0n) is 7.83. The Hall–Kier alpha value is -0.940. The predicted octanol–water partition coefficient (Wildman–Crippen LogP) is 0.921. The smallest absolute Gasteiger partial charge is 0.253 e. The molecule has 0 aromatic carbocycles. The fourth-order valence-corrected chi connectivity index (χ4v) is 1.27. The molecule has 1 atom stereocenters. The highest BCUT2D eigenvalue weighted by Gasteiger charge is 2.08. The van der Waals surface area contributed by atoms with Gasteiger partial charge in [0, 0.05) is 29.5 Å². The Morgan fingerprint density at radius 2 is 2.43 bits per heavy atom. The Morgan fingerprint density at radius 1 is 1.71 bits per heavy atom. The maximum atomic E-state index is 11.5. The van der Waals surface area contributed by atoms with Gasteiger partial charge in [-0.05, 0) is 28.9 Å². The summed E-state index contributed by atoms with van der Waals surface area (Å²) in [5.74, 6) is -0.156. The Kier molecular flexibility index (Phi) is 4.03. The van der Waals surface area contributed by atoms with Crippen LogP contribution in [0, 0.1) is 0 Å². The van der Waals surface area contributed by atoms with Gasteiger partial charge in [0.15, 0.2) is 0 Å². The molecule has 0 saturated heterocycles. The average Bonchev–Trinajstić information content (AvgIpc) is 2.17. The fourth-order valence-electron chi connectivity index (χ4n) is 0.902. The van der Waals surface area contributed by atoms with Crippen LogP contribution in [-0.2, 0) is 0 Å². The summed E-state index contributed by atoms with van der Waals surface area (Å²) in [6.07, 6.45) is 3.15. The van der Waals surface area contributed by atoms with E-state index in [0.29, 0.717) is 12.1 Å². The first-order valence-corrected chi connectivity index (χ1v) is 5.04. The van der Waals surface area contributed by atoms with E-state index in [0.717, 1.165) is 4.47 Å². The van der Waals surface area contributed by atoms with Crippen molar-refractivity contribution in [1.82, 2.24) is 10.3 Å². The summed E-state index contributed by atoms with van der Waals surface area (Å²) in [6.45, 7) is 2.27. The van der Waals surface area contributed by atoms with E-state index in [1.807, 2.05) is 6.92 Å². The fraction of sp³-hybridized carbons (Fsp3) is 0.333. The van der Waals surface area contributed by atoms with Crippen molar-refractivity contribution in [3.05, 3.63) is 28.5 Å². The molecule has 3 N–H and O–H groups in total. The van der Waals surface area contributed by atoms with Crippen LogP contribution >= 0.6 is 15.9 Å². The molecule has 1 aromatic rings. The Bertz CT molecular complexity index is 330. The van der Waals surface area contributed by atoms with Crippen molar-refractivity contribution >= 4 is 21.8 Å². The number of nitrogens with zero attached hydrogens (tertiary/aromatic N) is 1. The third-order valence-electron chi connectivity index (χ3n) is 1.70. The normalized spacial score (nSPS) is 12.2. The number of carbonyl (C=O) groups excluding carboxylic acids is 1. The lowest BCUT2D eigenvalue weighted by Gasteiger charge is -2.10. The molecule has 0 unspecified atom stereocenters. The standard InChI is InChI=1S/C9H12BrN3O/c1-6(3-11)13-9(14)7-2-8(10)5-12-4-7/h2,4-6H,3,11H2,1H3,(H,13,14)/t6-/m0/s1. The summed E-state index contributed by atoms with van der Waals surface area (Å²) >= 11 is 3.25. The molecule has 0 radical (unpaired) electrons. The van der Waals surface area contributed by atoms with Crippen molar-refractivity contribution in [2.45, 2.75) is 13.0 Å². The van der Waals surface area contributed by atoms with Crippen LogP contribution in [0.1, 0.15) is 17.3 Å². The molecular formula is C9H12BrN3O. The molecule has 0 fully saturated rings. The molecule has 76 valence electrons. The van der Waals surface area contributed by atoms with Crippen LogP contribution in [0.5, 0.6) is 0 Å². The van der Waals surface area contributed by atoms with E-state index in [4.69, 9.17) is 5.73 Å². The minimum absolute atomic E-state index is 0.0264. The average molecular weight is 258 g/mol. The molecule has 14 heavy (non-hydrogen) atoms. The number of rotatable bonds is 3. The van der Waals surface area contributed by atoms with Crippen LogP contribution < -0.4 is 11.1 Å². The van der Waals surface area contributed by atoms with E-state index in [1.165, 1.54) is 6.20 Å². The van der Waals surface area contributed by atoms with Gasteiger partial charge in [0.05, 0.1) is 5.56 Å². The topological polar surface area (TPSA) is 68.0 Å². The molecule has 4 nitrogen and oxygen atoms in total. The summed E-state index contributed by atoms with van der Waals surface area (Å²) in [5, 5.41) is 2.75. The van der Waals surface area contributed by atoms with Gasteiger partial charge in [-0.2, -0.15) is 0 Å². The third kappa shape index (κ3) is 3.08. The number of carbonyl (C=O) groups is 1. The molecule has 0 saturated carbocycles. The molecule has 0 aliphatic carbocycles. The number of hydrogen-bond acceptors (Lipinski definition) is 3. The van der Waals surface area contributed by atoms with E-state index in [9.17, 15) is 4.79 Å². The van der Waals surface area contributed by atoms with Gasteiger partial charge in [0.25, 0.3) is 5.91 Å². The maximum Gasteiger partial charge on any atom is 0.253 e. The van der Waals surface area contributed by atoms with Gasteiger partial charge in [0.1, 0.15) is 0 Å². The Balaban J connectivity index is 2.70. The van der Waals surface area contributed by atoms with Crippen LogP contribution in [-0.4, -0.2) is 23.5 Å². The number of halogens is 1.